The Morgan fingerprint density at radius 3 is 2.51 bits per heavy atom. The number of likely N-dealkylation sites (N-methyl/N-ethyl adjacent to an activating group) is 1. The highest BCUT2D eigenvalue weighted by atomic mass is 35.5. The maximum atomic E-state index is 12.9. The number of aromatic nitrogens is 3. The second-order valence-corrected chi connectivity index (χ2v) is 10.8. The van der Waals surface area contributed by atoms with Crippen LogP contribution in [0, 0.1) is 11.3 Å². The molecule has 0 atom stereocenters. The predicted octanol–water partition coefficient (Wildman–Crippen LogP) is 4.30. The summed E-state index contributed by atoms with van der Waals surface area (Å²) >= 11 is 6.53. The number of hydrogen-bond donors (Lipinski definition) is 0. The van der Waals surface area contributed by atoms with Gasteiger partial charge in [0.15, 0.2) is 0 Å². The van der Waals surface area contributed by atoms with Crippen LogP contribution in [0.3, 0.4) is 0 Å². The zero-order valence-electron chi connectivity index (χ0n) is 22.6. The van der Waals surface area contributed by atoms with E-state index in [1.165, 1.54) is 0 Å². The van der Waals surface area contributed by atoms with Gasteiger partial charge in [-0.3, -0.25) is 4.79 Å². The molecule has 0 aliphatic carbocycles. The van der Waals surface area contributed by atoms with Gasteiger partial charge < -0.3 is 24.0 Å². The lowest BCUT2D eigenvalue weighted by molar-refractivity contribution is 0.0240. The van der Waals surface area contributed by atoms with E-state index in [1.807, 2.05) is 36.4 Å². The van der Waals surface area contributed by atoms with Gasteiger partial charge in [0.1, 0.15) is 17.5 Å². The van der Waals surface area contributed by atoms with Crippen molar-refractivity contribution in [1.29, 1.82) is 5.26 Å². The van der Waals surface area contributed by atoms with E-state index in [-0.39, 0.29) is 12.0 Å². The molecule has 10 nitrogen and oxygen atoms in total. The van der Waals surface area contributed by atoms with E-state index in [0.29, 0.717) is 61.2 Å². The first-order valence-electron chi connectivity index (χ1n) is 12.7. The quantitative estimate of drug-likeness (QED) is 0.451. The van der Waals surface area contributed by atoms with Gasteiger partial charge in [0.25, 0.3) is 5.91 Å². The minimum absolute atomic E-state index is 0.177. The van der Waals surface area contributed by atoms with Gasteiger partial charge in [-0.15, -0.1) is 0 Å². The van der Waals surface area contributed by atoms with Gasteiger partial charge in [-0.05, 0) is 44.5 Å². The molecule has 0 unspecified atom stereocenters. The van der Waals surface area contributed by atoms with Gasteiger partial charge in [-0.1, -0.05) is 17.7 Å². The first-order valence-corrected chi connectivity index (χ1v) is 13.1. The van der Waals surface area contributed by atoms with Crippen molar-refractivity contribution in [2.75, 3.05) is 44.7 Å². The SMILES string of the molecule is CN(CCn1ccnc1)C(=O)c1ccc(-c2cnc(N3CCN(C(=O)OC(C)(C)C)CC3)c(C#N)c2)cc1Cl. The molecule has 1 aromatic carbocycles. The third kappa shape index (κ3) is 6.86. The molecule has 0 spiro atoms. The Labute approximate surface area is 233 Å². The third-order valence-electron chi connectivity index (χ3n) is 6.35. The molecule has 2 aromatic heterocycles. The van der Waals surface area contributed by atoms with E-state index in [9.17, 15) is 14.9 Å². The Morgan fingerprint density at radius 2 is 1.90 bits per heavy atom. The van der Waals surface area contributed by atoms with Crippen molar-refractivity contribution in [3.8, 4) is 17.2 Å². The Bertz CT molecular complexity index is 1370. The van der Waals surface area contributed by atoms with E-state index in [4.69, 9.17) is 16.3 Å². The second-order valence-electron chi connectivity index (χ2n) is 10.4. The lowest BCUT2D eigenvalue weighted by Crippen LogP contribution is -2.50. The predicted molar refractivity (Wildman–Crippen MR) is 149 cm³/mol. The summed E-state index contributed by atoms with van der Waals surface area (Å²) in [6.45, 7) is 8.69. The Balaban J connectivity index is 1.43. The molecule has 1 fully saturated rings. The second kappa shape index (κ2) is 11.7. The number of rotatable bonds is 6. The van der Waals surface area contributed by atoms with Crippen LogP contribution in [0.5, 0.6) is 0 Å². The molecule has 0 bridgehead atoms. The molecule has 0 radical (unpaired) electrons. The number of imidazole rings is 1. The van der Waals surface area contributed by atoms with Crippen molar-refractivity contribution in [3.63, 3.8) is 0 Å². The molecule has 1 aliphatic heterocycles. The fraction of sp³-hybridized carbons (Fsp3) is 0.393. The molecule has 2 amide bonds. The summed E-state index contributed by atoms with van der Waals surface area (Å²) < 4.78 is 7.37. The third-order valence-corrected chi connectivity index (χ3v) is 6.66. The van der Waals surface area contributed by atoms with Crippen molar-refractivity contribution in [2.24, 2.45) is 0 Å². The van der Waals surface area contributed by atoms with Crippen LogP contribution in [0.2, 0.25) is 5.02 Å². The van der Waals surface area contributed by atoms with Crippen molar-refractivity contribution in [1.82, 2.24) is 24.3 Å². The van der Waals surface area contributed by atoms with E-state index in [0.717, 1.165) is 11.1 Å². The minimum atomic E-state index is -0.551. The molecule has 0 saturated carbocycles. The molecule has 3 aromatic rings. The van der Waals surface area contributed by atoms with Gasteiger partial charge in [0.05, 0.1) is 22.5 Å². The average molecular weight is 550 g/mol. The number of ether oxygens (including phenoxy) is 1. The first-order chi connectivity index (χ1) is 18.6. The maximum absolute atomic E-state index is 12.9. The number of carbonyl (C=O) groups is 2. The van der Waals surface area contributed by atoms with Crippen LogP contribution in [0.1, 0.15) is 36.7 Å². The highest BCUT2D eigenvalue weighted by Crippen LogP contribution is 2.29. The first kappa shape index (κ1) is 27.9. The van der Waals surface area contributed by atoms with E-state index >= 15 is 0 Å². The lowest BCUT2D eigenvalue weighted by Gasteiger charge is -2.36. The topological polar surface area (TPSA) is 108 Å². The van der Waals surface area contributed by atoms with E-state index < -0.39 is 5.60 Å². The summed E-state index contributed by atoms with van der Waals surface area (Å²) in [6, 6.07) is 9.24. The number of pyridine rings is 1. The van der Waals surface area contributed by atoms with Crippen LogP contribution in [0.4, 0.5) is 10.6 Å². The van der Waals surface area contributed by atoms with Gasteiger partial charge in [-0.2, -0.15) is 5.26 Å². The number of carbonyl (C=O) groups excluding carboxylic acids is 2. The molecular weight excluding hydrogens is 518 g/mol. The summed E-state index contributed by atoms with van der Waals surface area (Å²) in [4.78, 5) is 39.2. The molecule has 3 heterocycles. The summed E-state index contributed by atoms with van der Waals surface area (Å²) in [5.74, 6) is 0.394. The molecule has 11 heteroatoms. The number of nitriles is 1. The number of benzene rings is 1. The van der Waals surface area contributed by atoms with Crippen molar-refractivity contribution in [3.05, 3.63) is 65.3 Å². The maximum Gasteiger partial charge on any atom is 0.410 e. The molecule has 4 rings (SSSR count). The lowest BCUT2D eigenvalue weighted by atomic mass is 10.0. The monoisotopic (exact) mass is 549 g/mol. The Hall–Kier alpha value is -4.10. The smallest absolute Gasteiger partial charge is 0.410 e. The van der Waals surface area contributed by atoms with Gasteiger partial charge >= 0.3 is 6.09 Å². The normalized spacial score (nSPS) is 13.6. The Kier molecular flexibility index (Phi) is 8.41. The van der Waals surface area contributed by atoms with Gasteiger partial charge in [0, 0.05) is 70.5 Å². The summed E-state index contributed by atoms with van der Waals surface area (Å²) in [5, 5.41) is 10.2. The number of hydrogen-bond acceptors (Lipinski definition) is 7. The van der Waals surface area contributed by atoms with Crippen LogP contribution in [0.15, 0.2) is 49.2 Å². The highest BCUT2D eigenvalue weighted by Gasteiger charge is 2.27. The molecule has 1 aliphatic rings. The molecule has 0 N–H and O–H groups in total. The van der Waals surface area contributed by atoms with E-state index in [2.05, 4.69) is 16.0 Å². The van der Waals surface area contributed by atoms with Gasteiger partial charge in [0.2, 0.25) is 0 Å². The van der Waals surface area contributed by atoms with Crippen molar-refractivity contribution in [2.45, 2.75) is 32.9 Å². The average Bonchev–Trinajstić information content (AvgIpc) is 3.44. The molecule has 204 valence electrons. The van der Waals surface area contributed by atoms with Crippen LogP contribution in [0.25, 0.3) is 11.1 Å². The largest absolute Gasteiger partial charge is 0.444 e. The summed E-state index contributed by atoms with van der Waals surface area (Å²) in [5.41, 5.74) is 1.75. The van der Waals surface area contributed by atoms with Crippen LogP contribution >= 0.6 is 11.6 Å². The van der Waals surface area contributed by atoms with Crippen LogP contribution < -0.4 is 4.90 Å². The fourth-order valence-electron chi connectivity index (χ4n) is 4.24. The summed E-state index contributed by atoms with van der Waals surface area (Å²) in [7, 11) is 1.73. The minimum Gasteiger partial charge on any atom is -0.444 e. The standard InChI is InChI=1S/C28H32ClN7O3/c1-28(2,3)39-27(38)36-13-11-35(12-14-36)25-21(17-30)15-22(18-32-25)20-5-6-23(24(29)16-20)26(37)33(4)9-10-34-8-7-31-19-34/h5-8,15-16,18-19H,9-14H2,1-4H3. The zero-order valence-corrected chi connectivity index (χ0v) is 23.4. The fourth-order valence-corrected chi connectivity index (χ4v) is 4.50. The number of amides is 2. The van der Waals surface area contributed by atoms with E-state index in [1.54, 1.807) is 59.8 Å². The number of halogens is 1. The highest BCUT2D eigenvalue weighted by molar-refractivity contribution is 6.34. The van der Waals surface area contributed by atoms with Crippen LogP contribution in [-0.2, 0) is 11.3 Å². The molecular formula is C28H32ClN7O3. The molecule has 39 heavy (non-hydrogen) atoms. The molecule has 1 saturated heterocycles. The number of anilines is 1. The summed E-state index contributed by atoms with van der Waals surface area (Å²) in [6.07, 6.45) is 6.61. The Morgan fingerprint density at radius 1 is 1.15 bits per heavy atom. The number of nitrogens with zero attached hydrogens (tertiary/aromatic N) is 7. The van der Waals surface area contributed by atoms with Gasteiger partial charge in [-0.25, -0.2) is 14.8 Å². The zero-order chi connectivity index (χ0) is 28.2. The van der Waals surface area contributed by atoms with Crippen LogP contribution in [-0.4, -0.2) is 81.7 Å². The number of piperazine rings is 1. The van der Waals surface area contributed by atoms with Crippen molar-refractivity contribution < 1.29 is 14.3 Å². The van der Waals surface area contributed by atoms with Crippen molar-refractivity contribution >= 4 is 29.4 Å².